The number of urea groups is 1. The van der Waals surface area contributed by atoms with Crippen LogP contribution in [0, 0.1) is 28.1 Å². The highest BCUT2D eigenvalue weighted by molar-refractivity contribution is 7.88. The zero-order valence-electron chi connectivity index (χ0n) is 33.6. The topological polar surface area (TPSA) is 175 Å². The van der Waals surface area contributed by atoms with Crippen molar-refractivity contribution in [3.05, 3.63) is 23.8 Å². The van der Waals surface area contributed by atoms with Crippen molar-refractivity contribution < 1.29 is 45.9 Å². The van der Waals surface area contributed by atoms with Crippen molar-refractivity contribution in [1.29, 1.82) is 0 Å². The van der Waals surface area contributed by atoms with Crippen LogP contribution in [0.3, 0.4) is 0 Å². The zero-order chi connectivity index (χ0) is 41.1. The van der Waals surface area contributed by atoms with Crippen molar-refractivity contribution in [2.75, 3.05) is 47.2 Å². The maximum Gasteiger partial charge on any atom is 0.315 e. The fourth-order valence-corrected chi connectivity index (χ4v) is 7.49. The van der Waals surface area contributed by atoms with Crippen LogP contribution >= 0.6 is 0 Å². The average Bonchev–Trinajstić information content (AvgIpc) is 3.35. The molecule has 0 spiro atoms. The van der Waals surface area contributed by atoms with Gasteiger partial charge in [-0.05, 0) is 58.3 Å². The number of nitrogens with zero attached hydrogens (tertiary/aromatic N) is 2. The fourth-order valence-electron chi connectivity index (χ4n) is 7.07. The van der Waals surface area contributed by atoms with Crippen LogP contribution < -0.4 is 30.7 Å². The van der Waals surface area contributed by atoms with Crippen molar-refractivity contribution in [1.82, 2.24) is 30.5 Å². The van der Waals surface area contributed by atoms with Gasteiger partial charge in [0.2, 0.25) is 34.2 Å². The molecule has 2 aliphatic rings. The minimum absolute atomic E-state index is 0.0146. The normalized spacial score (nSPS) is 21.1. The van der Waals surface area contributed by atoms with Crippen molar-refractivity contribution >= 4 is 33.8 Å². The van der Waals surface area contributed by atoms with E-state index in [1.54, 1.807) is 39.0 Å². The molecule has 1 saturated heterocycles. The first-order valence-electron chi connectivity index (χ1n) is 18.1. The first-order valence-corrected chi connectivity index (χ1v) is 19.9. The van der Waals surface area contributed by atoms with E-state index < -0.39 is 81.6 Å². The Morgan fingerprint density at radius 1 is 1.00 bits per heavy atom. The maximum atomic E-state index is 14.4. The summed E-state index contributed by atoms with van der Waals surface area (Å²) in [6.45, 7) is 15.0. The predicted molar refractivity (Wildman–Crippen MR) is 201 cm³/mol. The number of alkyl halides is 2. The molecule has 54 heavy (non-hydrogen) atoms. The Morgan fingerprint density at radius 3 is 2.15 bits per heavy atom. The molecule has 1 aliphatic heterocycles. The number of sulfonamides is 1. The molecule has 2 fully saturated rings. The lowest BCUT2D eigenvalue weighted by Gasteiger charge is -2.39. The van der Waals surface area contributed by atoms with Gasteiger partial charge in [0.15, 0.2) is 0 Å². The second-order valence-corrected chi connectivity index (χ2v) is 19.3. The molecule has 17 heteroatoms. The average molecular weight is 787 g/mol. The lowest BCUT2D eigenvalue weighted by Crippen LogP contribution is -2.62. The molecule has 0 unspecified atom stereocenters. The van der Waals surface area contributed by atoms with Crippen LogP contribution in [-0.2, 0) is 30.8 Å². The fraction of sp³-hybridized carbons (Fsp3) is 0.730. The van der Waals surface area contributed by atoms with E-state index in [1.807, 2.05) is 34.6 Å². The van der Waals surface area contributed by atoms with Gasteiger partial charge in [-0.25, -0.2) is 26.3 Å². The number of likely N-dealkylation sites (N-methyl/N-ethyl adjacent to an activating group) is 1. The number of carbonyl (C=O) groups excluding carboxylic acids is 4. The quantitative estimate of drug-likeness (QED) is 0.198. The number of methoxy groups -OCH3 is 2. The largest absolute Gasteiger partial charge is 0.497 e. The summed E-state index contributed by atoms with van der Waals surface area (Å²) in [6, 6.07) is 0.0580. The van der Waals surface area contributed by atoms with E-state index in [9.17, 15) is 36.4 Å². The molecule has 0 bridgehead atoms. The number of hydrogen-bond donors (Lipinski definition) is 4. The van der Waals surface area contributed by atoms with E-state index in [1.165, 1.54) is 26.2 Å². The van der Waals surface area contributed by atoms with Gasteiger partial charge in [-0.3, -0.25) is 14.4 Å². The molecule has 1 aromatic carbocycles. The summed E-state index contributed by atoms with van der Waals surface area (Å²) < 4.78 is 63.6. The molecule has 3 rings (SSSR count). The van der Waals surface area contributed by atoms with E-state index in [2.05, 4.69) is 21.3 Å². The molecule has 306 valence electrons. The van der Waals surface area contributed by atoms with Crippen LogP contribution in [0.15, 0.2) is 18.2 Å². The van der Waals surface area contributed by atoms with Crippen LogP contribution in [-0.4, -0.2) is 119 Å². The number of benzene rings is 1. The molecule has 1 heterocycles. The van der Waals surface area contributed by atoms with Crippen LogP contribution in [0.4, 0.5) is 13.6 Å². The third-order valence-electron chi connectivity index (χ3n) is 10.7. The Morgan fingerprint density at radius 2 is 1.63 bits per heavy atom. The second kappa shape index (κ2) is 17.0. The minimum Gasteiger partial charge on any atom is -0.497 e. The van der Waals surface area contributed by atoms with Crippen LogP contribution in [0.5, 0.6) is 11.5 Å². The van der Waals surface area contributed by atoms with Crippen molar-refractivity contribution in [3.8, 4) is 11.5 Å². The number of halogens is 2. The number of carbonyl (C=O) groups is 4. The molecule has 14 nitrogen and oxygen atoms in total. The van der Waals surface area contributed by atoms with Gasteiger partial charge in [0.1, 0.15) is 29.6 Å². The summed E-state index contributed by atoms with van der Waals surface area (Å²) >= 11 is 0. The SMILES string of the molecule is COc1ccc(OC)c(CCNC(=O)[C@H](CC(F)F)NC(=O)[C@@H]2[C@@H]3[C@H](CN2C(=O)[C@@H](NC(=O)N[C@H](CN(C)S(C)(=O)=O)C(C)(C)C)C(C)(C)C)C3(C)C)c1. The lowest BCUT2D eigenvalue weighted by molar-refractivity contribution is -0.144. The standard InChI is InChI=1S/C37H60F2N6O8S/c1-35(2,3)26(20-44(9)54(12,50)51)42-34(49)43-30(36(4,5)6)33(48)45-19-23-28(37(23,7)8)29(45)32(47)41-24(18-27(38)39)31(46)40-16-15-21-17-22(52-10)13-14-25(21)53-11/h13-14,17,23-24,26-30H,15-16,18-20H2,1-12H3,(H,40,46)(H,41,47)(H2,42,43,49)/t23-,24-,26+,28-,29-,30+/m0/s1. The van der Waals surface area contributed by atoms with Gasteiger partial charge < -0.3 is 35.6 Å². The molecular formula is C37H60F2N6O8S. The van der Waals surface area contributed by atoms with Crippen LogP contribution in [0.1, 0.15) is 67.4 Å². The minimum atomic E-state index is -3.54. The van der Waals surface area contributed by atoms with Gasteiger partial charge in [0.25, 0.3) is 0 Å². The summed E-state index contributed by atoms with van der Waals surface area (Å²) in [5.74, 6) is -1.30. The molecular weight excluding hydrogens is 727 g/mol. The van der Waals surface area contributed by atoms with Crippen molar-refractivity contribution in [3.63, 3.8) is 0 Å². The van der Waals surface area contributed by atoms with Gasteiger partial charge in [-0.1, -0.05) is 55.4 Å². The maximum absolute atomic E-state index is 14.4. The molecule has 4 N–H and O–H groups in total. The van der Waals surface area contributed by atoms with Gasteiger partial charge in [0.05, 0.1) is 20.5 Å². The molecule has 1 aromatic rings. The van der Waals surface area contributed by atoms with Crippen LogP contribution in [0.2, 0.25) is 0 Å². The first-order chi connectivity index (χ1) is 24.7. The third kappa shape index (κ3) is 10.9. The van der Waals surface area contributed by atoms with E-state index in [4.69, 9.17) is 9.47 Å². The van der Waals surface area contributed by atoms with Gasteiger partial charge in [-0.2, -0.15) is 0 Å². The number of ether oxygens (including phenoxy) is 2. The summed E-state index contributed by atoms with van der Waals surface area (Å²) in [7, 11) is 0.883. The van der Waals surface area contributed by atoms with E-state index >= 15 is 0 Å². The number of likely N-dealkylation sites (tertiary alicyclic amines) is 1. The Labute approximate surface area is 318 Å². The number of rotatable bonds is 16. The predicted octanol–water partition coefficient (Wildman–Crippen LogP) is 3.01. The van der Waals surface area contributed by atoms with Gasteiger partial charge >= 0.3 is 6.03 Å². The van der Waals surface area contributed by atoms with Crippen molar-refractivity contribution in [2.45, 2.75) is 98.8 Å². The lowest BCUT2D eigenvalue weighted by atomic mass is 9.85. The monoisotopic (exact) mass is 786 g/mol. The van der Waals surface area contributed by atoms with Crippen molar-refractivity contribution in [2.24, 2.45) is 28.1 Å². The molecule has 0 radical (unpaired) electrons. The number of amides is 5. The molecule has 1 aliphatic carbocycles. The van der Waals surface area contributed by atoms with Crippen LogP contribution in [0.25, 0.3) is 0 Å². The smallest absolute Gasteiger partial charge is 0.315 e. The summed E-state index contributed by atoms with van der Waals surface area (Å²) in [6.07, 6.45) is -2.48. The first kappa shape index (κ1) is 44.7. The summed E-state index contributed by atoms with van der Waals surface area (Å²) in [5, 5.41) is 10.8. The van der Waals surface area contributed by atoms with E-state index in [0.29, 0.717) is 17.9 Å². The highest BCUT2D eigenvalue weighted by Crippen LogP contribution is 2.65. The van der Waals surface area contributed by atoms with Gasteiger partial charge in [0, 0.05) is 39.1 Å². The molecule has 0 aromatic heterocycles. The zero-order valence-corrected chi connectivity index (χ0v) is 34.5. The molecule has 6 atom stereocenters. The molecule has 5 amide bonds. The number of piperidine rings is 1. The number of fused-ring (bicyclic) bond motifs is 1. The van der Waals surface area contributed by atoms with E-state index in [0.717, 1.165) is 16.1 Å². The highest BCUT2D eigenvalue weighted by atomic mass is 32.2. The molecule has 1 saturated carbocycles. The number of nitrogens with one attached hydrogen (secondary N) is 4. The second-order valence-electron chi connectivity index (χ2n) is 17.2. The Bertz CT molecular complexity index is 1650. The summed E-state index contributed by atoms with van der Waals surface area (Å²) in [4.78, 5) is 56.6. The Hall–Kier alpha value is -3.73. The highest BCUT2D eigenvalue weighted by Gasteiger charge is 2.70. The number of hydrogen-bond acceptors (Lipinski definition) is 8. The Kier molecular flexibility index (Phi) is 14.0. The van der Waals surface area contributed by atoms with Gasteiger partial charge in [-0.15, -0.1) is 0 Å². The third-order valence-corrected chi connectivity index (χ3v) is 12.0. The summed E-state index contributed by atoms with van der Waals surface area (Å²) in [5.41, 5.74) is -1.02. The van der Waals surface area contributed by atoms with E-state index in [-0.39, 0.29) is 36.9 Å². The Balaban J connectivity index is 1.80.